The second-order valence-corrected chi connectivity index (χ2v) is 10.1. The Morgan fingerprint density at radius 2 is 1.29 bits per heavy atom. The maximum absolute atomic E-state index is 13.4. The molecule has 0 saturated carbocycles. The Balaban J connectivity index is 2.03. The first-order valence-electron chi connectivity index (χ1n) is 11.2. The van der Waals surface area contributed by atoms with E-state index in [9.17, 15) is 22.8 Å². The highest BCUT2D eigenvalue weighted by Gasteiger charge is 2.42. The third-order valence-electron chi connectivity index (χ3n) is 6.00. The molecule has 0 amide bonds. The van der Waals surface area contributed by atoms with Crippen molar-refractivity contribution >= 4 is 55.2 Å². The molecule has 1 aliphatic heterocycles. The lowest BCUT2D eigenvalue weighted by molar-refractivity contribution is -0.139. The topological polar surface area (TPSA) is 59.1 Å². The molecule has 0 saturated heterocycles. The second-order valence-electron chi connectivity index (χ2n) is 8.25. The molecule has 0 spiro atoms. The van der Waals surface area contributed by atoms with E-state index in [1.807, 2.05) is 4.90 Å². The van der Waals surface area contributed by atoms with Crippen LogP contribution in [0.5, 0.6) is 0 Å². The molecule has 1 aliphatic rings. The summed E-state index contributed by atoms with van der Waals surface area (Å²) in [5.41, 5.74) is 0.774. The number of hydrogen-bond donors (Lipinski definition) is 0. The quantitative estimate of drug-likeness (QED) is 0.281. The van der Waals surface area contributed by atoms with E-state index in [4.69, 9.17) is 9.47 Å². The van der Waals surface area contributed by atoms with Crippen LogP contribution in [0.3, 0.4) is 0 Å². The molecule has 0 bridgehead atoms. The zero-order chi connectivity index (χ0) is 27.6. The number of nitrogens with zero attached hydrogens (tertiary/aromatic N) is 2. The number of anilines is 2. The van der Waals surface area contributed by atoms with Crippen LogP contribution in [0.1, 0.15) is 17.3 Å². The van der Waals surface area contributed by atoms with Crippen LogP contribution in [-0.4, -0.2) is 32.7 Å². The van der Waals surface area contributed by atoms with E-state index in [1.54, 1.807) is 53.4 Å². The van der Waals surface area contributed by atoms with Gasteiger partial charge in [0.05, 0.1) is 31.9 Å². The van der Waals surface area contributed by atoms with Gasteiger partial charge in [0.1, 0.15) is 11.9 Å². The highest BCUT2D eigenvalue weighted by atomic mass is 79.9. The molecule has 1 unspecified atom stereocenters. The van der Waals surface area contributed by atoms with Gasteiger partial charge in [0.25, 0.3) is 0 Å². The molecule has 0 fully saturated rings. The molecule has 11 heteroatoms. The number of esters is 2. The number of methoxy groups -OCH3 is 2. The number of benzene rings is 3. The van der Waals surface area contributed by atoms with Crippen LogP contribution < -0.4 is 9.80 Å². The van der Waals surface area contributed by atoms with E-state index in [2.05, 4.69) is 31.9 Å². The van der Waals surface area contributed by atoms with Crippen molar-refractivity contribution < 1.29 is 32.2 Å². The maximum atomic E-state index is 13.4. The Morgan fingerprint density at radius 3 is 1.76 bits per heavy atom. The van der Waals surface area contributed by atoms with Gasteiger partial charge in [-0.05, 0) is 66.2 Å². The van der Waals surface area contributed by atoms with E-state index in [0.717, 1.165) is 21.1 Å². The van der Waals surface area contributed by atoms with Gasteiger partial charge in [-0.1, -0.05) is 44.0 Å². The number of alkyl halides is 3. The van der Waals surface area contributed by atoms with Gasteiger partial charge in [-0.25, -0.2) is 9.59 Å². The minimum atomic E-state index is -4.52. The van der Waals surface area contributed by atoms with Crippen LogP contribution in [0.2, 0.25) is 0 Å². The molecule has 3 aromatic rings. The summed E-state index contributed by atoms with van der Waals surface area (Å²) in [6.07, 6.45) is -5.35. The average molecular weight is 654 g/mol. The molecule has 0 N–H and O–H groups in total. The molecular formula is C27H21Br2F3N2O4. The van der Waals surface area contributed by atoms with Gasteiger partial charge in [0.2, 0.25) is 0 Å². The Morgan fingerprint density at radius 1 is 0.789 bits per heavy atom. The number of hydrogen-bond acceptors (Lipinski definition) is 6. The number of carbonyl (C=O) groups excluding carboxylic acids is 2. The number of rotatable bonds is 5. The number of halogens is 5. The van der Waals surface area contributed by atoms with Crippen molar-refractivity contribution in [2.45, 2.75) is 12.3 Å². The predicted octanol–water partition coefficient (Wildman–Crippen LogP) is 6.86. The zero-order valence-corrected chi connectivity index (χ0v) is 23.3. The van der Waals surface area contributed by atoms with E-state index in [0.29, 0.717) is 16.9 Å². The Bertz CT molecular complexity index is 1360. The lowest BCUT2D eigenvalue weighted by Crippen LogP contribution is -2.50. The van der Waals surface area contributed by atoms with Gasteiger partial charge in [-0.2, -0.15) is 13.2 Å². The fraction of sp³-hybridized carbons (Fsp3) is 0.185. The molecular weight excluding hydrogens is 633 g/mol. The summed E-state index contributed by atoms with van der Waals surface area (Å²) in [4.78, 5) is 29.6. The standard InChI is InChI=1S/C27H21Br2F3N2O4/c1-37-25(35)22-15-33(20-11-7-18(28)8-12-20)24(16-3-5-17(6-4-16)27(30,31)32)34(23(22)26(36)38-2)21-13-9-19(29)10-14-21/h3-14,24H,15H2,1-2H3. The average Bonchev–Trinajstić information content (AvgIpc) is 2.91. The molecule has 0 aliphatic carbocycles. The van der Waals surface area contributed by atoms with E-state index in [1.165, 1.54) is 26.4 Å². The van der Waals surface area contributed by atoms with E-state index in [-0.39, 0.29) is 17.8 Å². The van der Waals surface area contributed by atoms with Crippen molar-refractivity contribution in [3.63, 3.8) is 0 Å². The second kappa shape index (κ2) is 11.2. The minimum Gasteiger partial charge on any atom is -0.466 e. The predicted molar refractivity (Wildman–Crippen MR) is 143 cm³/mol. The third kappa shape index (κ3) is 5.58. The monoisotopic (exact) mass is 652 g/mol. The number of carbonyl (C=O) groups is 2. The summed E-state index contributed by atoms with van der Waals surface area (Å²) in [6.45, 7) is -0.0720. The smallest absolute Gasteiger partial charge is 0.416 e. The first-order valence-corrected chi connectivity index (χ1v) is 12.8. The van der Waals surface area contributed by atoms with Gasteiger partial charge in [-0.15, -0.1) is 0 Å². The molecule has 4 rings (SSSR count). The number of ether oxygens (including phenoxy) is 2. The summed E-state index contributed by atoms with van der Waals surface area (Å²) in [6, 6.07) is 18.9. The first kappa shape index (κ1) is 27.7. The van der Waals surface area contributed by atoms with Crippen molar-refractivity contribution in [1.29, 1.82) is 0 Å². The van der Waals surface area contributed by atoms with Crippen LogP contribution in [0.15, 0.2) is 93.0 Å². The van der Waals surface area contributed by atoms with Crippen LogP contribution in [0, 0.1) is 0 Å². The van der Waals surface area contributed by atoms with Crippen molar-refractivity contribution in [1.82, 2.24) is 0 Å². The highest BCUT2D eigenvalue weighted by Crippen LogP contribution is 2.43. The maximum Gasteiger partial charge on any atom is 0.416 e. The van der Waals surface area contributed by atoms with Crippen molar-refractivity contribution in [3.05, 3.63) is 104 Å². The lowest BCUT2D eigenvalue weighted by atomic mass is 9.99. The third-order valence-corrected chi connectivity index (χ3v) is 7.06. The summed E-state index contributed by atoms with van der Waals surface area (Å²) in [5.74, 6) is -1.53. The molecule has 6 nitrogen and oxygen atoms in total. The Kier molecular flexibility index (Phi) is 8.17. The van der Waals surface area contributed by atoms with Gasteiger partial charge in [0, 0.05) is 20.3 Å². The first-order chi connectivity index (χ1) is 18.0. The van der Waals surface area contributed by atoms with Gasteiger partial charge < -0.3 is 19.3 Å². The lowest BCUT2D eigenvalue weighted by Gasteiger charge is -2.47. The summed E-state index contributed by atoms with van der Waals surface area (Å²) < 4.78 is 51.8. The summed E-state index contributed by atoms with van der Waals surface area (Å²) in [7, 11) is 2.40. The Labute approximate surface area is 233 Å². The van der Waals surface area contributed by atoms with Crippen LogP contribution in [0.4, 0.5) is 24.5 Å². The fourth-order valence-electron chi connectivity index (χ4n) is 4.25. The normalized spacial score (nSPS) is 15.9. The molecule has 38 heavy (non-hydrogen) atoms. The Hall–Kier alpha value is -3.31. The van der Waals surface area contributed by atoms with Crippen molar-refractivity contribution in [2.75, 3.05) is 30.6 Å². The largest absolute Gasteiger partial charge is 0.466 e. The van der Waals surface area contributed by atoms with E-state index < -0.39 is 29.8 Å². The molecule has 0 radical (unpaired) electrons. The van der Waals surface area contributed by atoms with Crippen LogP contribution in [-0.2, 0) is 25.2 Å². The summed E-state index contributed by atoms with van der Waals surface area (Å²) in [5, 5.41) is 0. The van der Waals surface area contributed by atoms with Crippen molar-refractivity contribution in [2.24, 2.45) is 0 Å². The van der Waals surface area contributed by atoms with Crippen LogP contribution in [0.25, 0.3) is 0 Å². The van der Waals surface area contributed by atoms with E-state index >= 15 is 0 Å². The summed E-state index contributed by atoms with van der Waals surface area (Å²) >= 11 is 6.81. The van der Waals surface area contributed by atoms with Crippen LogP contribution >= 0.6 is 31.9 Å². The highest BCUT2D eigenvalue weighted by molar-refractivity contribution is 9.10. The van der Waals surface area contributed by atoms with Crippen molar-refractivity contribution in [3.8, 4) is 0 Å². The zero-order valence-electron chi connectivity index (χ0n) is 20.1. The van der Waals surface area contributed by atoms with Gasteiger partial charge in [-0.3, -0.25) is 0 Å². The molecule has 1 heterocycles. The molecule has 1 atom stereocenters. The SMILES string of the molecule is COC(=O)C1=C(C(=O)OC)N(c2ccc(Br)cc2)C(c2ccc(C(F)(F)F)cc2)N(c2ccc(Br)cc2)C1. The minimum absolute atomic E-state index is 0.0355. The fourth-order valence-corrected chi connectivity index (χ4v) is 4.78. The van der Waals surface area contributed by atoms with Gasteiger partial charge >= 0.3 is 18.1 Å². The molecule has 0 aromatic heterocycles. The molecule has 198 valence electrons. The molecule has 3 aromatic carbocycles. The van der Waals surface area contributed by atoms with Gasteiger partial charge in [0.15, 0.2) is 0 Å².